The van der Waals surface area contributed by atoms with Crippen molar-refractivity contribution in [2.45, 2.75) is 44.7 Å². The first-order chi connectivity index (χ1) is 14.1. The fraction of sp³-hybridized carbons (Fsp3) is 0.476. The van der Waals surface area contributed by atoms with Crippen LogP contribution >= 0.6 is 11.3 Å². The molecule has 0 aliphatic carbocycles. The highest BCUT2D eigenvalue weighted by Gasteiger charge is 2.47. The number of rotatable bonds is 5. The van der Waals surface area contributed by atoms with Crippen LogP contribution in [-0.2, 0) is 22.4 Å². The number of carbonyl (C=O) groups excluding carboxylic acids is 2. The van der Waals surface area contributed by atoms with Crippen molar-refractivity contribution in [1.82, 2.24) is 14.8 Å². The fourth-order valence-electron chi connectivity index (χ4n) is 4.64. The number of aryl methyl sites for hydroxylation is 1. The van der Waals surface area contributed by atoms with E-state index in [1.807, 2.05) is 40.4 Å². The molecule has 2 aromatic rings. The van der Waals surface area contributed by atoms with Crippen LogP contribution in [0.1, 0.15) is 29.0 Å². The van der Waals surface area contributed by atoms with Crippen molar-refractivity contribution in [2.24, 2.45) is 0 Å². The predicted molar refractivity (Wildman–Crippen MR) is 107 cm³/mol. The third kappa shape index (κ3) is 3.35. The summed E-state index contributed by atoms with van der Waals surface area (Å²) >= 11 is 1.64. The van der Waals surface area contributed by atoms with Gasteiger partial charge in [-0.15, -0.1) is 11.3 Å². The summed E-state index contributed by atoms with van der Waals surface area (Å²) in [5, 5.41) is 0. The van der Waals surface area contributed by atoms with Crippen molar-refractivity contribution in [3.63, 3.8) is 0 Å². The van der Waals surface area contributed by atoms with E-state index in [2.05, 4.69) is 4.98 Å². The molecule has 0 N–H and O–H groups in total. The molecular weight excluding hydrogens is 390 g/mol. The Hall–Kier alpha value is -2.61. The zero-order valence-corrected chi connectivity index (χ0v) is 17.1. The van der Waals surface area contributed by atoms with Crippen LogP contribution < -0.4 is 9.47 Å². The van der Waals surface area contributed by atoms with E-state index in [-0.39, 0.29) is 30.7 Å². The Bertz CT molecular complexity index is 959. The molecule has 1 aromatic heterocycles. The SMILES string of the molecule is Cc1ncsc1CCN1C(=O)C[C@H]2[C@@H]1CCN2C(=O)Cc1ccc2c(c1)OCO2. The molecule has 4 heterocycles. The number of hydrogen-bond acceptors (Lipinski definition) is 6. The third-order valence-corrected chi connectivity index (χ3v) is 7.15. The molecule has 0 saturated carbocycles. The second-order valence-corrected chi connectivity index (χ2v) is 8.72. The summed E-state index contributed by atoms with van der Waals surface area (Å²) in [4.78, 5) is 35.0. The van der Waals surface area contributed by atoms with Crippen molar-refractivity contribution in [3.05, 3.63) is 39.8 Å². The Morgan fingerprint density at radius 2 is 2.14 bits per heavy atom. The average Bonchev–Trinajstić information content (AvgIpc) is 3.45. The molecule has 5 rings (SSSR count). The number of aromatic nitrogens is 1. The highest BCUT2D eigenvalue weighted by molar-refractivity contribution is 7.09. The summed E-state index contributed by atoms with van der Waals surface area (Å²) in [6.07, 6.45) is 2.43. The first-order valence-electron chi connectivity index (χ1n) is 9.96. The molecule has 3 aliphatic rings. The predicted octanol–water partition coefficient (Wildman–Crippen LogP) is 2.17. The lowest BCUT2D eigenvalue weighted by atomic mass is 10.1. The Labute approximate surface area is 173 Å². The summed E-state index contributed by atoms with van der Waals surface area (Å²) in [7, 11) is 0. The normalized spacial score (nSPS) is 22.4. The highest BCUT2D eigenvalue weighted by Crippen LogP contribution is 2.35. The topological polar surface area (TPSA) is 72.0 Å². The summed E-state index contributed by atoms with van der Waals surface area (Å²) in [6.45, 7) is 3.64. The number of thiazole rings is 1. The number of ether oxygens (including phenoxy) is 2. The zero-order chi connectivity index (χ0) is 20.0. The van der Waals surface area contributed by atoms with Crippen molar-refractivity contribution < 1.29 is 19.1 Å². The van der Waals surface area contributed by atoms with Gasteiger partial charge in [-0.25, -0.2) is 4.98 Å². The van der Waals surface area contributed by atoms with Gasteiger partial charge in [0.05, 0.1) is 29.7 Å². The Morgan fingerprint density at radius 1 is 1.28 bits per heavy atom. The standard InChI is InChI=1S/C21H23N3O4S/c1-13-19(29-11-22-13)5-7-23-15-4-6-24(16(15)10-21(23)26)20(25)9-14-2-3-17-18(8-14)28-12-27-17/h2-3,8,11,15-16H,4-7,9-10,12H2,1H3/t15-,16-/m0/s1. The number of benzene rings is 1. The smallest absolute Gasteiger partial charge is 0.231 e. The number of nitrogens with zero attached hydrogens (tertiary/aromatic N) is 3. The van der Waals surface area contributed by atoms with E-state index < -0.39 is 0 Å². The van der Waals surface area contributed by atoms with Crippen molar-refractivity contribution in [1.29, 1.82) is 0 Å². The second-order valence-electron chi connectivity index (χ2n) is 7.78. The van der Waals surface area contributed by atoms with Crippen LogP contribution in [0.15, 0.2) is 23.7 Å². The van der Waals surface area contributed by atoms with Gasteiger partial charge in [-0.05, 0) is 31.0 Å². The Morgan fingerprint density at radius 3 is 2.97 bits per heavy atom. The van der Waals surface area contributed by atoms with Gasteiger partial charge >= 0.3 is 0 Å². The molecule has 7 nitrogen and oxygen atoms in total. The van der Waals surface area contributed by atoms with Gasteiger partial charge in [0.2, 0.25) is 18.6 Å². The minimum Gasteiger partial charge on any atom is -0.454 e. The molecule has 2 atom stereocenters. The zero-order valence-electron chi connectivity index (χ0n) is 16.3. The molecule has 0 bridgehead atoms. The lowest BCUT2D eigenvalue weighted by Gasteiger charge is -2.25. The highest BCUT2D eigenvalue weighted by atomic mass is 32.1. The van der Waals surface area contributed by atoms with Crippen LogP contribution in [0.25, 0.3) is 0 Å². The molecule has 8 heteroatoms. The van der Waals surface area contributed by atoms with Crippen LogP contribution in [0, 0.1) is 6.92 Å². The van der Waals surface area contributed by atoms with Crippen molar-refractivity contribution >= 4 is 23.2 Å². The van der Waals surface area contributed by atoms with E-state index in [4.69, 9.17) is 9.47 Å². The van der Waals surface area contributed by atoms with Gasteiger partial charge in [0.25, 0.3) is 0 Å². The second kappa shape index (κ2) is 7.33. The summed E-state index contributed by atoms with van der Waals surface area (Å²) in [5.41, 5.74) is 3.81. The van der Waals surface area contributed by atoms with Gasteiger partial charge in [-0.1, -0.05) is 6.07 Å². The van der Waals surface area contributed by atoms with Crippen LogP contribution in [0.3, 0.4) is 0 Å². The molecule has 2 saturated heterocycles. The van der Waals surface area contributed by atoms with Crippen LogP contribution in [0.5, 0.6) is 11.5 Å². The summed E-state index contributed by atoms with van der Waals surface area (Å²) in [6, 6.07) is 5.75. The van der Waals surface area contributed by atoms with Gasteiger partial charge in [0, 0.05) is 30.8 Å². The van der Waals surface area contributed by atoms with Gasteiger partial charge in [-0.3, -0.25) is 9.59 Å². The van der Waals surface area contributed by atoms with E-state index in [1.165, 1.54) is 4.88 Å². The molecule has 0 radical (unpaired) electrons. The molecule has 2 amide bonds. The van der Waals surface area contributed by atoms with E-state index >= 15 is 0 Å². The van der Waals surface area contributed by atoms with Crippen LogP contribution in [0.4, 0.5) is 0 Å². The number of amides is 2. The van der Waals surface area contributed by atoms with E-state index in [1.54, 1.807) is 11.3 Å². The lowest BCUT2D eigenvalue weighted by Crippen LogP contribution is -2.41. The maximum absolute atomic E-state index is 13.0. The fourth-order valence-corrected chi connectivity index (χ4v) is 5.41. The number of fused-ring (bicyclic) bond motifs is 2. The largest absolute Gasteiger partial charge is 0.454 e. The van der Waals surface area contributed by atoms with Crippen molar-refractivity contribution in [3.8, 4) is 11.5 Å². The molecule has 29 heavy (non-hydrogen) atoms. The minimum absolute atomic E-state index is 0.00781. The monoisotopic (exact) mass is 413 g/mol. The van der Waals surface area contributed by atoms with Gasteiger partial charge in [0.1, 0.15) is 0 Å². The molecule has 2 fully saturated rings. The summed E-state index contributed by atoms with van der Waals surface area (Å²) < 4.78 is 10.7. The third-order valence-electron chi connectivity index (χ3n) is 6.15. The molecule has 3 aliphatic heterocycles. The molecular formula is C21H23N3O4S. The quantitative estimate of drug-likeness (QED) is 0.751. The number of hydrogen-bond donors (Lipinski definition) is 0. The number of carbonyl (C=O) groups is 2. The molecule has 152 valence electrons. The van der Waals surface area contributed by atoms with E-state index in [9.17, 15) is 9.59 Å². The van der Waals surface area contributed by atoms with Crippen LogP contribution in [0.2, 0.25) is 0 Å². The van der Waals surface area contributed by atoms with E-state index in [0.717, 1.165) is 29.8 Å². The van der Waals surface area contributed by atoms with Gasteiger partial charge in [0.15, 0.2) is 11.5 Å². The first kappa shape index (κ1) is 18.4. The Kier molecular flexibility index (Phi) is 4.66. The Balaban J connectivity index is 1.23. The lowest BCUT2D eigenvalue weighted by molar-refractivity contribution is -0.131. The molecule has 0 unspecified atom stereocenters. The summed E-state index contributed by atoms with van der Waals surface area (Å²) in [5.74, 6) is 1.64. The maximum Gasteiger partial charge on any atom is 0.231 e. The van der Waals surface area contributed by atoms with Crippen LogP contribution in [-0.4, -0.2) is 58.6 Å². The first-order valence-corrected chi connectivity index (χ1v) is 10.8. The maximum atomic E-state index is 13.0. The van der Waals surface area contributed by atoms with Gasteiger partial charge in [-0.2, -0.15) is 0 Å². The average molecular weight is 413 g/mol. The van der Waals surface area contributed by atoms with E-state index in [0.29, 0.717) is 31.7 Å². The number of likely N-dealkylation sites (tertiary alicyclic amines) is 2. The molecule has 1 aromatic carbocycles. The minimum atomic E-state index is -0.00781. The van der Waals surface area contributed by atoms with Gasteiger partial charge < -0.3 is 19.3 Å². The molecule has 0 spiro atoms. The van der Waals surface area contributed by atoms with Crippen molar-refractivity contribution in [2.75, 3.05) is 19.9 Å².